The van der Waals surface area contributed by atoms with Crippen LogP contribution in [-0.2, 0) is 4.79 Å². The van der Waals surface area contributed by atoms with E-state index in [1.807, 2.05) is 0 Å². The number of hydrogen-bond acceptors (Lipinski definition) is 3. The van der Waals surface area contributed by atoms with Gasteiger partial charge in [-0.3, -0.25) is 10.1 Å². The van der Waals surface area contributed by atoms with Gasteiger partial charge in [-0.1, -0.05) is 13.3 Å². The molecule has 3 N–H and O–H groups in total. The van der Waals surface area contributed by atoms with E-state index in [0.717, 1.165) is 19.4 Å². The van der Waals surface area contributed by atoms with Crippen LogP contribution in [0.5, 0.6) is 0 Å². The lowest BCUT2D eigenvalue weighted by Gasteiger charge is -2.07. The van der Waals surface area contributed by atoms with Crippen LogP contribution in [0.25, 0.3) is 0 Å². The standard InChI is InChI=1S/C8H18N2O2/c1-3-4-5-9-8(12)6-10-7(2)11/h7,10-11H,3-6H2,1-2H3,(H,9,12)/t7-/m1/s1. The quantitative estimate of drug-likeness (QED) is 0.387. The Kier molecular flexibility index (Phi) is 6.70. The number of amides is 1. The predicted molar refractivity (Wildman–Crippen MR) is 47.6 cm³/mol. The average molecular weight is 174 g/mol. The lowest BCUT2D eigenvalue weighted by molar-refractivity contribution is -0.120. The molecule has 0 saturated carbocycles. The van der Waals surface area contributed by atoms with Gasteiger partial charge in [0.05, 0.1) is 6.54 Å². The first-order chi connectivity index (χ1) is 5.66. The van der Waals surface area contributed by atoms with Gasteiger partial charge in [-0.2, -0.15) is 0 Å². The van der Waals surface area contributed by atoms with Gasteiger partial charge in [-0.25, -0.2) is 0 Å². The van der Waals surface area contributed by atoms with Crippen molar-refractivity contribution >= 4 is 5.91 Å². The maximum Gasteiger partial charge on any atom is 0.234 e. The van der Waals surface area contributed by atoms with Crippen molar-refractivity contribution in [2.24, 2.45) is 0 Å². The van der Waals surface area contributed by atoms with Crippen LogP contribution in [0.3, 0.4) is 0 Å². The Labute approximate surface area is 73.3 Å². The molecule has 0 aromatic carbocycles. The molecule has 0 spiro atoms. The number of rotatable bonds is 6. The van der Waals surface area contributed by atoms with Crippen LogP contribution in [0.4, 0.5) is 0 Å². The summed E-state index contributed by atoms with van der Waals surface area (Å²) >= 11 is 0. The molecule has 0 aliphatic rings. The highest BCUT2D eigenvalue weighted by atomic mass is 16.3. The van der Waals surface area contributed by atoms with E-state index in [-0.39, 0.29) is 12.5 Å². The molecule has 0 fully saturated rings. The molecule has 1 amide bonds. The van der Waals surface area contributed by atoms with Gasteiger partial charge in [0.15, 0.2) is 0 Å². The highest BCUT2D eigenvalue weighted by Crippen LogP contribution is 1.81. The minimum absolute atomic E-state index is 0.0654. The molecule has 4 heteroatoms. The number of nitrogens with one attached hydrogen (secondary N) is 2. The average Bonchev–Trinajstić information content (AvgIpc) is 2.01. The molecule has 0 saturated heterocycles. The molecule has 72 valence electrons. The second kappa shape index (κ2) is 7.06. The number of carbonyl (C=O) groups excluding carboxylic acids is 1. The molecule has 1 atom stereocenters. The van der Waals surface area contributed by atoms with E-state index in [2.05, 4.69) is 17.6 Å². The SMILES string of the molecule is CCCCNC(=O)CN[C@@H](C)O. The van der Waals surface area contributed by atoms with E-state index in [1.165, 1.54) is 0 Å². The summed E-state index contributed by atoms with van der Waals surface area (Å²) < 4.78 is 0. The monoisotopic (exact) mass is 174 g/mol. The van der Waals surface area contributed by atoms with E-state index in [4.69, 9.17) is 5.11 Å². The summed E-state index contributed by atoms with van der Waals surface area (Å²) in [6.45, 7) is 4.55. The minimum Gasteiger partial charge on any atom is -0.379 e. The molecule has 0 rings (SSSR count). The third-order valence-electron chi connectivity index (χ3n) is 1.41. The minimum atomic E-state index is -0.623. The zero-order valence-electron chi connectivity index (χ0n) is 7.76. The lowest BCUT2D eigenvalue weighted by atomic mass is 10.3. The van der Waals surface area contributed by atoms with Crippen LogP contribution in [0.2, 0.25) is 0 Å². The number of aliphatic hydroxyl groups is 1. The van der Waals surface area contributed by atoms with E-state index in [1.54, 1.807) is 6.92 Å². The second-order valence-corrected chi connectivity index (χ2v) is 2.76. The summed E-state index contributed by atoms with van der Waals surface area (Å²) in [5.41, 5.74) is 0. The largest absolute Gasteiger partial charge is 0.379 e. The number of carbonyl (C=O) groups is 1. The summed E-state index contributed by atoms with van der Waals surface area (Å²) in [6, 6.07) is 0. The van der Waals surface area contributed by atoms with Gasteiger partial charge < -0.3 is 10.4 Å². The summed E-state index contributed by atoms with van der Waals surface area (Å²) in [4.78, 5) is 10.9. The first-order valence-corrected chi connectivity index (χ1v) is 4.35. The van der Waals surface area contributed by atoms with Gasteiger partial charge in [0.2, 0.25) is 5.91 Å². The molecule has 0 bridgehead atoms. The Morgan fingerprint density at radius 2 is 2.25 bits per heavy atom. The molecule has 0 aromatic heterocycles. The molecule has 0 aliphatic heterocycles. The molecule has 0 radical (unpaired) electrons. The van der Waals surface area contributed by atoms with E-state index in [9.17, 15) is 4.79 Å². The number of hydrogen-bond donors (Lipinski definition) is 3. The second-order valence-electron chi connectivity index (χ2n) is 2.76. The summed E-state index contributed by atoms with van der Waals surface area (Å²) in [6.07, 6.45) is 1.45. The fourth-order valence-electron chi connectivity index (χ4n) is 0.707. The van der Waals surface area contributed by atoms with Crippen molar-refractivity contribution in [2.75, 3.05) is 13.1 Å². The fourth-order valence-corrected chi connectivity index (χ4v) is 0.707. The van der Waals surface area contributed by atoms with Gasteiger partial charge in [-0.05, 0) is 13.3 Å². The summed E-state index contributed by atoms with van der Waals surface area (Å²) in [7, 11) is 0. The predicted octanol–water partition coefficient (Wildman–Crippen LogP) is -0.169. The normalized spacial score (nSPS) is 12.6. The molecule has 0 unspecified atom stereocenters. The van der Waals surface area contributed by atoms with Gasteiger partial charge in [0, 0.05) is 6.54 Å². The van der Waals surface area contributed by atoms with Crippen molar-refractivity contribution < 1.29 is 9.90 Å². The number of unbranched alkanes of at least 4 members (excludes halogenated alkanes) is 1. The highest BCUT2D eigenvalue weighted by molar-refractivity contribution is 5.77. The van der Waals surface area contributed by atoms with Crippen LogP contribution in [0.1, 0.15) is 26.7 Å². The van der Waals surface area contributed by atoms with Crippen molar-refractivity contribution in [1.82, 2.24) is 10.6 Å². The Hall–Kier alpha value is -0.610. The molecule has 4 nitrogen and oxygen atoms in total. The Morgan fingerprint density at radius 3 is 2.75 bits per heavy atom. The van der Waals surface area contributed by atoms with Crippen LogP contribution >= 0.6 is 0 Å². The zero-order chi connectivity index (χ0) is 9.40. The number of aliphatic hydroxyl groups excluding tert-OH is 1. The van der Waals surface area contributed by atoms with Crippen LogP contribution in [0.15, 0.2) is 0 Å². The Morgan fingerprint density at radius 1 is 1.58 bits per heavy atom. The van der Waals surface area contributed by atoms with E-state index >= 15 is 0 Å². The lowest BCUT2D eigenvalue weighted by Crippen LogP contribution is -2.38. The van der Waals surface area contributed by atoms with Crippen molar-refractivity contribution in [3.63, 3.8) is 0 Å². The maximum atomic E-state index is 10.9. The first-order valence-electron chi connectivity index (χ1n) is 4.35. The Bertz CT molecular complexity index is 126. The smallest absolute Gasteiger partial charge is 0.234 e. The fraction of sp³-hybridized carbons (Fsp3) is 0.875. The summed E-state index contributed by atoms with van der Waals surface area (Å²) in [5.74, 6) is -0.0654. The van der Waals surface area contributed by atoms with Crippen molar-refractivity contribution in [3.8, 4) is 0 Å². The van der Waals surface area contributed by atoms with Crippen LogP contribution in [0, 0.1) is 0 Å². The molecular formula is C8H18N2O2. The third-order valence-corrected chi connectivity index (χ3v) is 1.41. The van der Waals surface area contributed by atoms with Gasteiger partial charge in [0.25, 0.3) is 0 Å². The van der Waals surface area contributed by atoms with Gasteiger partial charge in [-0.15, -0.1) is 0 Å². The Balaban J connectivity index is 3.22. The first kappa shape index (κ1) is 11.4. The molecule has 0 aromatic rings. The molecule has 0 heterocycles. The highest BCUT2D eigenvalue weighted by Gasteiger charge is 2.00. The van der Waals surface area contributed by atoms with E-state index in [0.29, 0.717) is 0 Å². The maximum absolute atomic E-state index is 10.9. The van der Waals surface area contributed by atoms with Crippen molar-refractivity contribution in [2.45, 2.75) is 32.9 Å². The van der Waals surface area contributed by atoms with Crippen molar-refractivity contribution in [1.29, 1.82) is 0 Å². The summed E-state index contributed by atoms with van der Waals surface area (Å²) in [5, 5.41) is 14.1. The zero-order valence-corrected chi connectivity index (χ0v) is 7.76. The third kappa shape index (κ3) is 7.50. The van der Waals surface area contributed by atoms with E-state index < -0.39 is 6.23 Å². The van der Waals surface area contributed by atoms with Crippen LogP contribution < -0.4 is 10.6 Å². The van der Waals surface area contributed by atoms with Crippen molar-refractivity contribution in [3.05, 3.63) is 0 Å². The van der Waals surface area contributed by atoms with Gasteiger partial charge in [0.1, 0.15) is 6.23 Å². The van der Waals surface area contributed by atoms with Gasteiger partial charge >= 0.3 is 0 Å². The van der Waals surface area contributed by atoms with Crippen LogP contribution in [-0.4, -0.2) is 30.3 Å². The molecular weight excluding hydrogens is 156 g/mol. The topological polar surface area (TPSA) is 61.4 Å². The molecule has 0 aliphatic carbocycles. The molecule has 12 heavy (non-hydrogen) atoms.